The van der Waals surface area contributed by atoms with Crippen molar-refractivity contribution in [2.24, 2.45) is 5.73 Å². The first-order valence-electron chi connectivity index (χ1n) is 6.35. The fourth-order valence-corrected chi connectivity index (χ4v) is 2.24. The fraction of sp³-hybridized carbons (Fsp3) is 0.200. The maximum atomic E-state index is 5.63. The van der Waals surface area contributed by atoms with E-state index in [0.29, 0.717) is 6.54 Å². The van der Waals surface area contributed by atoms with Crippen LogP contribution in [-0.4, -0.2) is 14.4 Å². The van der Waals surface area contributed by atoms with Crippen molar-refractivity contribution in [2.45, 2.75) is 19.9 Å². The van der Waals surface area contributed by atoms with Crippen LogP contribution in [0.2, 0.25) is 0 Å². The van der Waals surface area contributed by atoms with Crippen LogP contribution in [0.4, 0.5) is 0 Å². The molecule has 2 aromatic heterocycles. The number of benzene rings is 1. The molecule has 3 rings (SSSR count). The molecule has 1 aromatic carbocycles. The van der Waals surface area contributed by atoms with Crippen molar-refractivity contribution < 1.29 is 0 Å². The highest BCUT2D eigenvalue weighted by Gasteiger charge is 2.06. The molecular weight excluding hydrogens is 236 g/mol. The molecule has 4 nitrogen and oxygen atoms in total. The van der Waals surface area contributed by atoms with Gasteiger partial charge in [-0.3, -0.25) is 4.40 Å². The molecule has 0 spiro atoms. The topological polar surface area (TPSA) is 56.2 Å². The molecule has 96 valence electrons. The Labute approximate surface area is 111 Å². The number of aromatic nitrogens is 3. The van der Waals surface area contributed by atoms with E-state index in [9.17, 15) is 0 Å². The Hall–Kier alpha value is -2.20. The number of nitrogens with two attached hydrogens (primary N) is 1. The summed E-state index contributed by atoms with van der Waals surface area (Å²) in [6.07, 6.45) is 2.77. The van der Waals surface area contributed by atoms with Gasteiger partial charge in [0, 0.05) is 25.2 Å². The molecule has 0 saturated heterocycles. The highest BCUT2D eigenvalue weighted by molar-refractivity contribution is 5.43. The lowest BCUT2D eigenvalue weighted by atomic mass is 10.1. The smallest absolute Gasteiger partial charge is 0.140 e. The Morgan fingerprint density at radius 1 is 1.11 bits per heavy atom. The summed E-state index contributed by atoms with van der Waals surface area (Å²) < 4.78 is 1.98. The zero-order valence-electron chi connectivity index (χ0n) is 10.9. The molecule has 2 N–H and O–H groups in total. The van der Waals surface area contributed by atoms with Gasteiger partial charge in [0.25, 0.3) is 0 Å². The lowest BCUT2D eigenvalue weighted by Crippen LogP contribution is -2.00. The van der Waals surface area contributed by atoms with E-state index >= 15 is 0 Å². The summed E-state index contributed by atoms with van der Waals surface area (Å²) in [6.45, 7) is 2.44. The predicted octanol–water partition coefficient (Wildman–Crippen LogP) is 2.09. The zero-order valence-corrected chi connectivity index (χ0v) is 10.9. The average molecular weight is 252 g/mol. The molecular formula is C15H16N4. The molecule has 0 bridgehead atoms. The minimum Gasteiger partial charge on any atom is -0.325 e. The lowest BCUT2D eigenvalue weighted by Gasteiger charge is -2.04. The van der Waals surface area contributed by atoms with Gasteiger partial charge in [-0.05, 0) is 12.5 Å². The van der Waals surface area contributed by atoms with Crippen molar-refractivity contribution in [2.75, 3.05) is 0 Å². The number of hydrogen-bond acceptors (Lipinski definition) is 3. The summed E-state index contributed by atoms with van der Waals surface area (Å²) in [5, 5.41) is 0. The van der Waals surface area contributed by atoms with Crippen LogP contribution in [0.5, 0.6) is 0 Å². The van der Waals surface area contributed by atoms with Gasteiger partial charge in [-0.1, -0.05) is 30.3 Å². The molecule has 0 aliphatic rings. The van der Waals surface area contributed by atoms with E-state index in [2.05, 4.69) is 22.1 Å². The molecule has 19 heavy (non-hydrogen) atoms. The molecule has 2 heterocycles. The molecule has 4 heteroatoms. The van der Waals surface area contributed by atoms with Crippen molar-refractivity contribution in [3.05, 3.63) is 65.4 Å². The second kappa shape index (κ2) is 4.82. The van der Waals surface area contributed by atoms with Crippen molar-refractivity contribution in [3.8, 4) is 0 Å². The third kappa shape index (κ3) is 2.35. The van der Waals surface area contributed by atoms with Gasteiger partial charge in [-0.15, -0.1) is 0 Å². The number of imidazole rings is 1. The van der Waals surface area contributed by atoms with E-state index in [1.165, 1.54) is 5.56 Å². The van der Waals surface area contributed by atoms with E-state index in [1.807, 2.05) is 41.8 Å². The van der Waals surface area contributed by atoms with Crippen LogP contribution in [-0.2, 0) is 13.0 Å². The monoisotopic (exact) mass is 252 g/mol. The lowest BCUT2D eigenvalue weighted by molar-refractivity contribution is 0.931. The predicted molar refractivity (Wildman–Crippen MR) is 74.9 cm³/mol. The molecule has 3 aromatic rings. The first kappa shape index (κ1) is 11.9. The van der Waals surface area contributed by atoms with Gasteiger partial charge in [0.1, 0.15) is 11.5 Å². The van der Waals surface area contributed by atoms with E-state index in [-0.39, 0.29) is 0 Å². The van der Waals surface area contributed by atoms with E-state index in [1.54, 1.807) is 0 Å². The zero-order chi connectivity index (χ0) is 13.2. The summed E-state index contributed by atoms with van der Waals surface area (Å²) in [6, 6.07) is 12.4. The third-order valence-electron chi connectivity index (χ3n) is 3.17. The molecule has 0 fully saturated rings. The number of hydrogen-bond donors (Lipinski definition) is 1. The van der Waals surface area contributed by atoms with E-state index < -0.39 is 0 Å². The molecule has 0 atom stereocenters. The number of fused-ring (bicyclic) bond motifs is 1. The molecule has 0 radical (unpaired) electrons. The molecule has 0 amide bonds. The fourth-order valence-electron chi connectivity index (χ4n) is 2.24. The standard InChI is InChI=1S/C15H16N4/c1-11-17-13(7-12-5-3-2-4-6-12)8-15-18-14(9-16)10-19(11)15/h2-6,8,10H,7,9,16H2,1H3. The maximum absolute atomic E-state index is 5.63. The summed E-state index contributed by atoms with van der Waals surface area (Å²) in [5.41, 5.74) is 9.72. The summed E-state index contributed by atoms with van der Waals surface area (Å²) >= 11 is 0. The number of nitrogens with zero attached hydrogens (tertiary/aromatic N) is 3. The van der Waals surface area contributed by atoms with Crippen LogP contribution in [0.25, 0.3) is 5.65 Å². The van der Waals surface area contributed by atoms with Gasteiger partial charge in [-0.2, -0.15) is 0 Å². The van der Waals surface area contributed by atoms with Crippen LogP contribution >= 0.6 is 0 Å². The molecule has 0 saturated carbocycles. The Bertz CT molecular complexity index is 701. The number of rotatable bonds is 3. The molecule has 0 aliphatic carbocycles. The highest BCUT2D eigenvalue weighted by atomic mass is 15.1. The van der Waals surface area contributed by atoms with Crippen LogP contribution in [0.15, 0.2) is 42.6 Å². The van der Waals surface area contributed by atoms with Crippen molar-refractivity contribution in [1.29, 1.82) is 0 Å². The quantitative estimate of drug-likeness (QED) is 0.776. The highest BCUT2D eigenvalue weighted by Crippen LogP contribution is 2.12. The number of aryl methyl sites for hydroxylation is 1. The first-order chi connectivity index (χ1) is 9.26. The van der Waals surface area contributed by atoms with E-state index in [4.69, 9.17) is 5.73 Å². The minimum absolute atomic E-state index is 0.454. The van der Waals surface area contributed by atoms with Gasteiger partial charge in [-0.25, -0.2) is 9.97 Å². The van der Waals surface area contributed by atoms with Crippen LogP contribution in [0.3, 0.4) is 0 Å². The Balaban J connectivity index is 2.01. The summed E-state index contributed by atoms with van der Waals surface area (Å²) in [5.74, 6) is 0.940. The second-order valence-corrected chi connectivity index (χ2v) is 4.62. The largest absolute Gasteiger partial charge is 0.325 e. The van der Waals surface area contributed by atoms with Gasteiger partial charge in [0.05, 0.1) is 11.4 Å². The van der Waals surface area contributed by atoms with E-state index in [0.717, 1.165) is 29.3 Å². The minimum atomic E-state index is 0.454. The van der Waals surface area contributed by atoms with Crippen molar-refractivity contribution >= 4 is 5.65 Å². The van der Waals surface area contributed by atoms with Gasteiger partial charge < -0.3 is 5.73 Å². The van der Waals surface area contributed by atoms with Crippen LogP contribution in [0, 0.1) is 6.92 Å². The van der Waals surface area contributed by atoms with Crippen LogP contribution < -0.4 is 5.73 Å². The van der Waals surface area contributed by atoms with Gasteiger partial charge in [0.15, 0.2) is 0 Å². The Morgan fingerprint density at radius 2 is 1.89 bits per heavy atom. The average Bonchev–Trinajstić information content (AvgIpc) is 2.83. The summed E-state index contributed by atoms with van der Waals surface area (Å²) in [4.78, 5) is 9.12. The SMILES string of the molecule is Cc1nc(Cc2ccccc2)cc2nc(CN)cn12. The normalized spacial score (nSPS) is 11.1. The van der Waals surface area contributed by atoms with Crippen LogP contribution in [0.1, 0.15) is 22.8 Å². The third-order valence-corrected chi connectivity index (χ3v) is 3.17. The molecule has 0 unspecified atom stereocenters. The van der Waals surface area contributed by atoms with Gasteiger partial charge in [0.2, 0.25) is 0 Å². The second-order valence-electron chi connectivity index (χ2n) is 4.62. The maximum Gasteiger partial charge on any atom is 0.140 e. The van der Waals surface area contributed by atoms with Crippen molar-refractivity contribution in [3.63, 3.8) is 0 Å². The Kier molecular flexibility index (Phi) is 3.01. The van der Waals surface area contributed by atoms with Gasteiger partial charge >= 0.3 is 0 Å². The summed E-state index contributed by atoms with van der Waals surface area (Å²) in [7, 11) is 0. The van der Waals surface area contributed by atoms with Crippen molar-refractivity contribution in [1.82, 2.24) is 14.4 Å². The first-order valence-corrected chi connectivity index (χ1v) is 6.35. The Morgan fingerprint density at radius 3 is 2.63 bits per heavy atom. The molecule has 0 aliphatic heterocycles.